The third kappa shape index (κ3) is 3.57. The molecule has 0 unspecified atom stereocenters. The van der Waals surface area contributed by atoms with Crippen molar-refractivity contribution in [2.75, 3.05) is 5.32 Å². The summed E-state index contributed by atoms with van der Waals surface area (Å²) in [6.07, 6.45) is 3.09. The minimum absolute atomic E-state index is 0.00183. The summed E-state index contributed by atoms with van der Waals surface area (Å²) in [5.41, 5.74) is -0.131. The normalized spacial score (nSPS) is 10.7. The van der Waals surface area contributed by atoms with Crippen LogP contribution in [0.2, 0.25) is 5.02 Å². The van der Waals surface area contributed by atoms with Gasteiger partial charge in [-0.05, 0) is 24.3 Å². The second-order valence-corrected chi connectivity index (χ2v) is 5.14. The van der Waals surface area contributed by atoms with Gasteiger partial charge >= 0.3 is 0 Å². The number of nitrogens with zero attached hydrogens (tertiary/aromatic N) is 2. The highest BCUT2D eigenvalue weighted by molar-refractivity contribution is 6.30. The van der Waals surface area contributed by atoms with Crippen LogP contribution in [0.4, 0.5) is 14.5 Å². The van der Waals surface area contributed by atoms with Crippen LogP contribution in [0.5, 0.6) is 0 Å². The third-order valence-electron chi connectivity index (χ3n) is 2.98. The Morgan fingerprint density at radius 1 is 1.30 bits per heavy atom. The van der Waals surface area contributed by atoms with Crippen LogP contribution in [0.15, 0.2) is 47.1 Å². The van der Waals surface area contributed by atoms with Crippen LogP contribution in [-0.2, 0) is 6.54 Å². The molecule has 3 rings (SSSR count). The summed E-state index contributed by atoms with van der Waals surface area (Å²) >= 11 is 5.76. The van der Waals surface area contributed by atoms with Gasteiger partial charge in [0.1, 0.15) is 17.4 Å². The number of halogens is 3. The lowest BCUT2D eigenvalue weighted by Crippen LogP contribution is -2.12. The van der Waals surface area contributed by atoms with Crippen molar-refractivity contribution in [3.05, 3.63) is 70.9 Å². The van der Waals surface area contributed by atoms with Gasteiger partial charge in [0.25, 0.3) is 5.91 Å². The largest absolute Gasteiger partial charge is 0.454 e. The molecule has 0 spiro atoms. The molecule has 8 heteroatoms. The minimum Gasteiger partial charge on any atom is -0.454 e. The van der Waals surface area contributed by atoms with E-state index < -0.39 is 17.5 Å². The van der Waals surface area contributed by atoms with Crippen molar-refractivity contribution in [1.29, 1.82) is 0 Å². The standard InChI is InChI=1S/C15H10ClF2N3O2/c16-9-6-19-21(7-9)8-11-2-4-14(23-11)15(22)20-13-3-1-10(17)5-12(13)18/h1-7H,8H2,(H,20,22). The average Bonchev–Trinajstić information content (AvgIpc) is 3.12. The van der Waals surface area contributed by atoms with Gasteiger partial charge < -0.3 is 9.73 Å². The third-order valence-corrected chi connectivity index (χ3v) is 3.18. The van der Waals surface area contributed by atoms with Gasteiger partial charge in [0.05, 0.1) is 23.5 Å². The molecule has 1 aromatic carbocycles. The van der Waals surface area contributed by atoms with E-state index in [1.807, 2.05) is 0 Å². The first-order chi connectivity index (χ1) is 11.0. The number of carbonyl (C=O) groups is 1. The summed E-state index contributed by atoms with van der Waals surface area (Å²) in [4.78, 5) is 12.0. The molecule has 0 aliphatic rings. The van der Waals surface area contributed by atoms with E-state index in [-0.39, 0.29) is 11.4 Å². The van der Waals surface area contributed by atoms with E-state index in [0.717, 1.165) is 12.1 Å². The Kier molecular flexibility index (Phi) is 4.12. The fourth-order valence-electron chi connectivity index (χ4n) is 1.94. The van der Waals surface area contributed by atoms with Gasteiger partial charge in [-0.2, -0.15) is 5.10 Å². The summed E-state index contributed by atoms with van der Waals surface area (Å²) < 4.78 is 33.3. The maximum absolute atomic E-state index is 13.5. The number of amides is 1. The van der Waals surface area contributed by atoms with E-state index >= 15 is 0 Å². The van der Waals surface area contributed by atoms with Gasteiger partial charge in [0.2, 0.25) is 0 Å². The molecule has 0 aliphatic carbocycles. The van der Waals surface area contributed by atoms with Crippen molar-refractivity contribution in [2.45, 2.75) is 6.54 Å². The van der Waals surface area contributed by atoms with E-state index in [1.165, 1.54) is 12.3 Å². The molecule has 0 saturated heterocycles. The SMILES string of the molecule is O=C(Nc1ccc(F)cc1F)c1ccc(Cn2cc(Cl)cn2)o1. The first-order valence-electron chi connectivity index (χ1n) is 6.54. The molecular formula is C15H10ClF2N3O2. The molecule has 2 heterocycles. The Labute approximate surface area is 134 Å². The first kappa shape index (κ1) is 15.2. The highest BCUT2D eigenvalue weighted by Crippen LogP contribution is 2.17. The van der Waals surface area contributed by atoms with Crippen LogP contribution in [0, 0.1) is 11.6 Å². The fourth-order valence-corrected chi connectivity index (χ4v) is 2.10. The molecule has 0 saturated carbocycles. The van der Waals surface area contributed by atoms with Gasteiger partial charge in [-0.1, -0.05) is 11.6 Å². The highest BCUT2D eigenvalue weighted by Gasteiger charge is 2.14. The number of carbonyl (C=O) groups excluding carboxylic acids is 1. The van der Waals surface area contributed by atoms with Crippen molar-refractivity contribution in [3.63, 3.8) is 0 Å². The minimum atomic E-state index is -0.865. The van der Waals surface area contributed by atoms with E-state index in [9.17, 15) is 13.6 Å². The molecule has 23 heavy (non-hydrogen) atoms. The summed E-state index contributed by atoms with van der Waals surface area (Å²) in [5, 5.41) is 6.80. The lowest BCUT2D eigenvalue weighted by atomic mass is 10.3. The average molecular weight is 338 g/mol. The number of anilines is 1. The van der Waals surface area contributed by atoms with Gasteiger partial charge in [0.15, 0.2) is 5.76 Å². The van der Waals surface area contributed by atoms with Gasteiger partial charge in [-0.15, -0.1) is 0 Å². The predicted octanol–water partition coefficient (Wildman–Crippen LogP) is 3.71. The van der Waals surface area contributed by atoms with Crippen molar-refractivity contribution in [2.24, 2.45) is 0 Å². The molecule has 0 fully saturated rings. The highest BCUT2D eigenvalue weighted by atomic mass is 35.5. The first-order valence-corrected chi connectivity index (χ1v) is 6.92. The molecule has 0 atom stereocenters. The van der Waals surface area contributed by atoms with Crippen LogP contribution in [0.3, 0.4) is 0 Å². The maximum atomic E-state index is 13.5. The molecule has 1 N–H and O–H groups in total. The Morgan fingerprint density at radius 2 is 2.13 bits per heavy atom. The van der Waals surface area contributed by atoms with Crippen molar-refractivity contribution in [1.82, 2.24) is 9.78 Å². The summed E-state index contributed by atoms with van der Waals surface area (Å²) in [7, 11) is 0. The lowest BCUT2D eigenvalue weighted by molar-refractivity contribution is 0.0994. The Morgan fingerprint density at radius 3 is 2.83 bits per heavy atom. The van der Waals surface area contributed by atoms with E-state index in [4.69, 9.17) is 16.0 Å². The number of furan rings is 1. The van der Waals surface area contributed by atoms with Crippen molar-refractivity contribution < 1.29 is 18.0 Å². The molecule has 2 aromatic heterocycles. The topological polar surface area (TPSA) is 60.1 Å². The second kappa shape index (κ2) is 6.21. The monoisotopic (exact) mass is 337 g/mol. The second-order valence-electron chi connectivity index (χ2n) is 4.70. The predicted molar refractivity (Wildman–Crippen MR) is 79.4 cm³/mol. The zero-order chi connectivity index (χ0) is 16.4. The zero-order valence-electron chi connectivity index (χ0n) is 11.6. The molecule has 118 valence electrons. The Hall–Kier alpha value is -2.67. The molecule has 0 radical (unpaired) electrons. The van der Waals surface area contributed by atoms with E-state index in [1.54, 1.807) is 16.9 Å². The zero-order valence-corrected chi connectivity index (χ0v) is 12.3. The van der Waals surface area contributed by atoms with Crippen LogP contribution >= 0.6 is 11.6 Å². The quantitative estimate of drug-likeness (QED) is 0.789. The van der Waals surface area contributed by atoms with E-state index in [2.05, 4.69) is 10.4 Å². The summed E-state index contributed by atoms with van der Waals surface area (Å²) in [5.74, 6) is -1.74. The van der Waals surface area contributed by atoms with Crippen LogP contribution in [0.1, 0.15) is 16.3 Å². The van der Waals surface area contributed by atoms with Gasteiger partial charge in [0, 0.05) is 12.3 Å². The number of nitrogens with one attached hydrogen (secondary N) is 1. The molecule has 0 aliphatic heterocycles. The Bertz CT molecular complexity index is 860. The summed E-state index contributed by atoms with van der Waals surface area (Å²) in [6.45, 7) is 0.297. The number of benzene rings is 1. The van der Waals surface area contributed by atoms with Gasteiger partial charge in [-0.25, -0.2) is 8.78 Å². The summed E-state index contributed by atoms with van der Waals surface area (Å²) in [6, 6.07) is 5.93. The maximum Gasteiger partial charge on any atom is 0.291 e. The van der Waals surface area contributed by atoms with Crippen LogP contribution in [0.25, 0.3) is 0 Å². The van der Waals surface area contributed by atoms with Crippen LogP contribution < -0.4 is 5.32 Å². The van der Waals surface area contributed by atoms with Gasteiger partial charge in [-0.3, -0.25) is 9.48 Å². The lowest BCUT2D eigenvalue weighted by Gasteiger charge is -2.04. The Balaban J connectivity index is 1.70. The van der Waals surface area contributed by atoms with Crippen LogP contribution in [-0.4, -0.2) is 15.7 Å². The number of hydrogen-bond donors (Lipinski definition) is 1. The molecule has 5 nitrogen and oxygen atoms in total. The number of rotatable bonds is 4. The van der Waals surface area contributed by atoms with E-state index in [0.29, 0.717) is 23.4 Å². The molecule has 3 aromatic rings. The molecule has 0 bridgehead atoms. The smallest absolute Gasteiger partial charge is 0.291 e. The number of hydrogen-bond acceptors (Lipinski definition) is 3. The fraction of sp³-hybridized carbons (Fsp3) is 0.0667. The number of aromatic nitrogens is 2. The molecular weight excluding hydrogens is 328 g/mol. The molecule has 1 amide bonds. The van der Waals surface area contributed by atoms with Crippen molar-refractivity contribution >= 4 is 23.2 Å². The van der Waals surface area contributed by atoms with Crippen molar-refractivity contribution in [3.8, 4) is 0 Å².